The molecular formula is C10H22N2O3S. The Bertz CT molecular complexity index is 327. The van der Waals surface area contributed by atoms with Crippen LogP contribution >= 0.6 is 0 Å². The first kappa shape index (κ1) is 15.4. The fourth-order valence-corrected chi connectivity index (χ4v) is 2.26. The molecule has 0 aliphatic heterocycles. The average molecular weight is 250 g/mol. The monoisotopic (exact) mass is 250 g/mol. The first-order valence-electron chi connectivity index (χ1n) is 5.41. The van der Waals surface area contributed by atoms with E-state index in [1.165, 1.54) is 11.2 Å². The first-order chi connectivity index (χ1) is 7.20. The van der Waals surface area contributed by atoms with Crippen molar-refractivity contribution in [3.63, 3.8) is 0 Å². The van der Waals surface area contributed by atoms with Crippen molar-refractivity contribution in [1.82, 2.24) is 9.62 Å². The highest BCUT2D eigenvalue weighted by atomic mass is 32.2. The summed E-state index contributed by atoms with van der Waals surface area (Å²) in [5.41, 5.74) is 0. The molecule has 0 spiro atoms. The van der Waals surface area contributed by atoms with Crippen molar-refractivity contribution in [3.05, 3.63) is 0 Å². The molecule has 96 valence electrons. The maximum atomic E-state index is 11.5. The second-order valence-electron chi connectivity index (χ2n) is 4.15. The summed E-state index contributed by atoms with van der Waals surface area (Å²) in [7, 11) is -1.57. The molecule has 1 amide bonds. The summed E-state index contributed by atoms with van der Waals surface area (Å²) >= 11 is 0. The summed E-state index contributed by atoms with van der Waals surface area (Å²) in [5, 5.41) is 2.76. The van der Waals surface area contributed by atoms with Gasteiger partial charge in [-0.05, 0) is 19.8 Å². The minimum atomic E-state index is -3.13. The Morgan fingerprint density at radius 3 is 2.25 bits per heavy atom. The molecule has 0 aromatic heterocycles. The Kier molecular flexibility index (Phi) is 5.96. The van der Waals surface area contributed by atoms with E-state index in [0.717, 1.165) is 0 Å². The minimum Gasteiger partial charge on any atom is -0.354 e. The smallest absolute Gasteiger partial charge is 0.217 e. The summed E-state index contributed by atoms with van der Waals surface area (Å²) < 4.78 is 24.4. The molecule has 0 aliphatic carbocycles. The predicted octanol–water partition coefficient (Wildman–Crippen LogP) is 0.429. The van der Waals surface area contributed by atoms with E-state index >= 15 is 0 Å². The van der Waals surface area contributed by atoms with Crippen molar-refractivity contribution < 1.29 is 13.2 Å². The van der Waals surface area contributed by atoms with E-state index in [2.05, 4.69) is 5.32 Å². The van der Waals surface area contributed by atoms with Gasteiger partial charge in [0, 0.05) is 26.6 Å². The van der Waals surface area contributed by atoms with Crippen LogP contribution < -0.4 is 5.32 Å². The minimum absolute atomic E-state index is 0.0352. The SMILES string of the molecule is CCS(=O)(=O)N(C)CC(C)C(C)NC(C)=O. The zero-order valence-corrected chi connectivity index (χ0v) is 11.5. The molecule has 16 heavy (non-hydrogen) atoms. The second kappa shape index (κ2) is 6.20. The van der Waals surface area contributed by atoms with Crippen LogP contribution in [0.4, 0.5) is 0 Å². The van der Waals surface area contributed by atoms with Crippen molar-refractivity contribution in [2.45, 2.75) is 33.7 Å². The van der Waals surface area contributed by atoms with Crippen molar-refractivity contribution in [3.8, 4) is 0 Å². The van der Waals surface area contributed by atoms with Crippen LogP contribution in [0.15, 0.2) is 0 Å². The van der Waals surface area contributed by atoms with Crippen molar-refractivity contribution >= 4 is 15.9 Å². The molecule has 0 fully saturated rings. The van der Waals surface area contributed by atoms with Gasteiger partial charge in [-0.2, -0.15) is 0 Å². The lowest BCUT2D eigenvalue weighted by molar-refractivity contribution is -0.119. The molecule has 0 radical (unpaired) electrons. The quantitative estimate of drug-likeness (QED) is 0.743. The van der Waals surface area contributed by atoms with Gasteiger partial charge in [-0.1, -0.05) is 6.92 Å². The maximum absolute atomic E-state index is 11.5. The highest BCUT2D eigenvalue weighted by molar-refractivity contribution is 7.89. The van der Waals surface area contributed by atoms with Gasteiger partial charge in [-0.15, -0.1) is 0 Å². The molecule has 5 nitrogen and oxygen atoms in total. The van der Waals surface area contributed by atoms with Crippen LogP contribution in [0.3, 0.4) is 0 Å². The number of rotatable bonds is 6. The zero-order chi connectivity index (χ0) is 12.9. The van der Waals surface area contributed by atoms with Crippen LogP contribution in [0.25, 0.3) is 0 Å². The maximum Gasteiger partial charge on any atom is 0.217 e. The molecule has 0 rings (SSSR count). The highest BCUT2D eigenvalue weighted by Crippen LogP contribution is 2.08. The van der Waals surface area contributed by atoms with Gasteiger partial charge in [0.15, 0.2) is 0 Å². The Morgan fingerprint density at radius 1 is 1.38 bits per heavy atom. The largest absolute Gasteiger partial charge is 0.354 e. The lowest BCUT2D eigenvalue weighted by atomic mass is 10.0. The van der Waals surface area contributed by atoms with E-state index < -0.39 is 10.0 Å². The average Bonchev–Trinajstić information content (AvgIpc) is 2.16. The third-order valence-corrected chi connectivity index (χ3v) is 4.50. The molecule has 0 saturated carbocycles. The lowest BCUT2D eigenvalue weighted by Gasteiger charge is -2.25. The van der Waals surface area contributed by atoms with Gasteiger partial charge in [-0.3, -0.25) is 4.79 Å². The predicted molar refractivity (Wildman–Crippen MR) is 64.5 cm³/mol. The molecule has 0 saturated heterocycles. The van der Waals surface area contributed by atoms with Crippen molar-refractivity contribution in [2.75, 3.05) is 19.3 Å². The number of carbonyl (C=O) groups is 1. The van der Waals surface area contributed by atoms with Crippen LogP contribution in [0.5, 0.6) is 0 Å². The summed E-state index contributed by atoms with van der Waals surface area (Å²) in [6, 6.07) is -0.0352. The van der Waals surface area contributed by atoms with E-state index in [1.807, 2.05) is 13.8 Å². The molecule has 0 aliphatic rings. The number of sulfonamides is 1. The van der Waals surface area contributed by atoms with Gasteiger partial charge < -0.3 is 5.32 Å². The third-order valence-electron chi connectivity index (χ3n) is 2.67. The summed E-state index contributed by atoms with van der Waals surface area (Å²) in [6.07, 6.45) is 0. The Labute approximate surface area is 98.3 Å². The number of nitrogens with zero attached hydrogens (tertiary/aromatic N) is 1. The van der Waals surface area contributed by atoms with E-state index in [9.17, 15) is 13.2 Å². The molecule has 0 heterocycles. The van der Waals surface area contributed by atoms with E-state index in [1.54, 1.807) is 14.0 Å². The van der Waals surface area contributed by atoms with Gasteiger partial charge in [0.25, 0.3) is 0 Å². The van der Waals surface area contributed by atoms with Gasteiger partial charge in [0.1, 0.15) is 0 Å². The highest BCUT2D eigenvalue weighted by Gasteiger charge is 2.21. The van der Waals surface area contributed by atoms with Gasteiger partial charge in [0.05, 0.1) is 5.75 Å². The van der Waals surface area contributed by atoms with Crippen LogP contribution in [0.2, 0.25) is 0 Å². The molecule has 0 aromatic carbocycles. The molecule has 0 aromatic rings. The number of hydrogen-bond donors (Lipinski definition) is 1. The van der Waals surface area contributed by atoms with Crippen LogP contribution in [-0.4, -0.2) is 44.0 Å². The summed E-state index contributed by atoms with van der Waals surface area (Å²) in [4.78, 5) is 10.9. The fraction of sp³-hybridized carbons (Fsp3) is 0.900. The lowest BCUT2D eigenvalue weighted by Crippen LogP contribution is -2.42. The van der Waals surface area contributed by atoms with E-state index in [4.69, 9.17) is 0 Å². The van der Waals surface area contributed by atoms with Gasteiger partial charge in [-0.25, -0.2) is 12.7 Å². The first-order valence-corrected chi connectivity index (χ1v) is 7.02. The zero-order valence-electron chi connectivity index (χ0n) is 10.6. The summed E-state index contributed by atoms with van der Waals surface area (Å²) in [5.74, 6) is 0.0839. The molecule has 2 unspecified atom stereocenters. The normalized spacial score (nSPS) is 15.9. The molecule has 1 N–H and O–H groups in total. The van der Waals surface area contributed by atoms with E-state index in [0.29, 0.717) is 6.54 Å². The topological polar surface area (TPSA) is 66.5 Å². The van der Waals surface area contributed by atoms with Gasteiger partial charge >= 0.3 is 0 Å². The Hall–Kier alpha value is -0.620. The number of nitrogens with one attached hydrogen (secondary N) is 1. The second-order valence-corrected chi connectivity index (χ2v) is 6.51. The number of carbonyl (C=O) groups excluding carboxylic acids is 1. The van der Waals surface area contributed by atoms with Crippen LogP contribution in [0, 0.1) is 5.92 Å². The molecular weight excluding hydrogens is 228 g/mol. The molecule has 0 bridgehead atoms. The fourth-order valence-electron chi connectivity index (χ4n) is 1.36. The molecule has 2 atom stereocenters. The standard InChI is InChI=1S/C10H22N2O3S/c1-6-16(14,15)12(5)7-8(2)9(3)11-10(4)13/h8-9H,6-7H2,1-5H3,(H,11,13). The number of hydrogen-bond acceptors (Lipinski definition) is 3. The summed E-state index contributed by atoms with van der Waals surface area (Å²) in [6.45, 7) is 7.28. The van der Waals surface area contributed by atoms with Gasteiger partial charge in [0.2, 0.25) is 15.9 Å². The van der Waals surface area contributed by atoms with Crippen molar-refractivity contribution in [2.24, 2.45) is 5.92 Å². The third kappa shape index (κ3) is 4.94. The number of amides is 1. The van der Waals surface area contributed by atoms with E-state index in [-0.39, 0.29) is 23.6 Å². The molecule has 6 heteroatoms. The Balaban J connectivity index is 4.34. The van der Waals surface area contributed by atoms with Crippen molar-refractivity contribution in [1.29, 1.82) is 0 Å². The van der Waals surface area contributed by atoms with Crippen LogP contribution in [0.1, 0.15) is 27.7 Å². The Morgan fingerprint density at radius 2 is 1.88 bits per heavy atom. The van der Waals surface area contributed by atoms with Crippen LogP contribution in [-0.2, 0) is 14.8 Å².